The molecule has 140 valence electrons. The van der Waals surface area contributed by atoms with Crippen LogP contribution in [0, 0.1) is 0 Å². The van der Waals surface area contributed by atoms with Crippen LogP contribution in [0.1, 0.15) is 60.4 Å². The summed E-state index contributed by atoms with van der Waals surface area (Å²) in [4.78, 5) is 26.2. The lowest BCUT2D eigenvalue weighted by molar-refractivity contribution is -0.117. The summed E-state index contributed by atoms with van der Waals surface area (Å²) < 4.78 is 5.44. The summed E-state index contributed by atoms with van der Waals surface area (Å²) >= 11 is 0. The van der Waals surface area contributed by atoms with Gasteiger partial charge in [-0.25, -0.2) is 0 Å². The van der Waals surface area contributed by atoms with Crippen LogP contribution >= 0.6 is 0 Å². The van der Waals surface area contributed by atoms with E-state index in [4.69, 9.17) is 4.74 Å². The molecule has 0 spiro atoms. The molecular weight excluding hydrogens is 328 g/mol. The van der Waals surface area contributed by atoms with Gasteiger partial charge in [-0.1, -0.05) is 6.58 Å². The van der Waals surface area contributed by atoms with Gasteiger partial charge in [-0.2, -0.15) is 0 Å². The summed E-state index contributed by atoms with van der Waals surface area (Å²) in [7, 11) is 3.56. The number of hydrogen-bond donors (Lipinski definition) is 1. The maximum atomic E-state index is 12.9. The third kappa shape index (κ3) is 4.09. The number of nitrogens with one attached hydrogen (secondary N) is 1. The first-order valence-electron chi connectivity index (χ1n) is 9.41. The molecule has 0 saturated heterocycles. The molecule has 0 radical (unpaired) electrons. The van der Waals surface area contributed by atoms with Gasteiger partial charge in [-0.3, -0.25) is 9.59 Å². The molecule has 0 unspecified atom stereocenters. The highest BCUT2D eigenvalue weighted by molar-refractivity contribution is 5.94. The topological polar surface area (TPSA) is 58.6 Å². The molecule has 1 aromatic carbocycles. The van der Waals surface area contributed by atoms with Crippen LogP contribution in [0.25, 0.3) is 0 Å². The normalized spacial score (nSPS) is 22.4. The van der Waals surface area contributed by atoms with Crippen LogP contribution in [0.15, 0.2) is 30.9 Å². The van der Waals surface area contributed by atoms with Crippen molar-refractivity contribution in [1.29, 1.82) is 0 Å². The third-order valence-corrected chi connectivity index (χ3v) is 5.59. The van der Waals surface area contributed by atoms with E-state index < -0.39 is 0 Å². The van der Waals surface area contributed by atoms with E-state index in [-0.39, 0.29) is 23.9 Å². The lowest BCUT2D eigenvalue weighted by Gasteiger charge is -2.35. The average molecular weight is 356 g/mol. The lowest BCUT2D eigenvalue weighted by Crippen LogP contribution is -2.44. The molecule has 26 heavy (non-hydrogen) atoms. The zero-order valence-electron chi connectivity index (χ0n) is 15.7. The van der Waals surface area contributed by atoms with E-state index in [1.807, 2.05) is 30.1 Å². The number of ether oxygens (including phenoxy) is 1. The largest absolute Gasteiger partial charge is 0.496 e. The molecule has 0 heterocycles. The Kier molecular flexibility index (Phi) is 5.64. The van der Waals surface area contributed by atoms with Gasteiger partial charge in [0.1, 0.15) is 5.75 Å². The molecule has 2 aliphatic carbocycles. The zero-order chi connectivity index (χ0) is 18.7. The Morgan fingerprint density at radius 2 is 1.88 bits per heavy atom. The number of nitrogens with zero attached hydrogens (tertiary/aromatic N) is 1. The zero-order valence-corrected chi connectivity index (χ0v) is 15.7. The first kappa shape index (κ1) is 18.5. The highest BCUT2D eigenvalue weighted by atomic mass is 16.5. The number of carbonyl (C=O) groups excluding carboxylic acids is 2. The molecule has 2 fully saturated rings. The molecule has 3 rings (SSSR count). The van der Waals surface area contributed by atoms with Gasteiger partial charge in [0.25, 0.3) is 5.91 Å². The summed E-state index contributed by atoms with van der Waals surface area (Å²) in [5, 5.41) is 2.95. The van der Waals surface area contributed by atoms with Crippen LogP contribution < -0.4 is 10.1 Å². The monoisotopic (exact) mass is 356 g/mol. The van der Waals surface area contributed by atoms with Crippen molar-refractivity contribution in [3.05, 3.63) is 42.0 Å². The number of hydrogen-bond acceptors (Lipinski definition) is 3. The Morgan fingerprint density at radius 3 is 2.46 bits per heavy atom. The first-order chi connectivity index (χ1) is 12.5. The maximum Gasteiger partial charge on any atom is 0.253 e. The molecule has 0 bridgehead atoms. The lowest BCUT2D eigenvalue weighted by atomic mass is 9.90. The van der Waals surface area contributed by atoms with Crippen molar-refractivity contribution in [3.63, 3.8) is 0 Å². The Balaban J connectivity index is 1.62. The fourth-order valence-electron chi connectivity index (χ4n) is 3.82. The molecule has 0 aromatic heterocycles. The van der Waals surface area contributed by atoms with Crippen molar-refractivity contribution in [1.82, 2.24) is 10.2 Å². The van der Waals surface area contributed by atoms with Gasteiger partial charge in [0.15, 0.2) is 0 Å². The second kappa shape index (κ2) is 7.94. The van der Waals surface area contributed by atoms with Crippen molar-refractivity contribution in [3.8, 4) is 5.75 Å². The van der Waals surface area contributed by atoms with Gasteiger partial charge in [0.05, 0.1) is 7.11 Å². The van der Waals surface area contributed by atoms with E-state index in [2.05, 4.69) is 11.9 Å². The molecule has 0 atom stereocenters. The van der Waals surface area contributed by atoms with Crippen molar-refractivity contribution < 1.29 is 14.3 Å². The summed E-state index contributed by atoms with van der Waals surface area (Å²) in [6.45, 7) is 3.49. The second-order valence-corrected chi connectivity index (χ2v) is 7.37. The van der Waals surface area contributed by atoms with Gasteiger partial charge in [-0.15, -0.1) is 0 Å². The van der Waals surface area contributed by atoms with Gasteiger partial charge in [0.2, 0.25) is 5.91 Å². The van der Waals surface area contributed by atoms with Crippen LogP contribution in [0.2, 0.25) is 0 Å². The van der Waals surface area contributed by atoms with E-state index in [0.29, 0.717) is 5.92 Å². The van der Waals surface area contributed by atoms with E-state index >= 15 is 0 Å². The van der Waals surface area contributed by atoms with Gasteiger partial charge >= 0.3 is 0 Å². The molecule has 5 nitrogen and oxygen atoms in total. The summed E-state index contributed by atoms with van der Waals surface area (Å²) in [5.41, 5.74) is 1.89. The summed E-state index contributed by atoms with van der Waals surface area (Å²) in [6.07, 6.45) is 7.22. The van der Waals surface area contributed by atoms with Crippen molar-refractivity contribution in [2.75, 3.05) is 14.2 Å². The van der Waals surface area contributed by atoms with Crippen LogP contribution in [0.5, 0.6) is 5.75 Å². The van der Waals surface area contributed by atoms with Crippen LogP contribution in [-0.4, -0.2) is 43.0 Å². The standard InChI is InChI=1S/C21H28N2O3/c1-4-20(24)22-16-8-10-17(11-9-16)23(2)21(25)15-7-12-19(26-3)18(13-15)14-5-6-14/h4,7,12-14,16-17H,1,5-6,8-11H2,2-3H3,(H,22,24). The van der Waals surface area contributed by atoms with Crippen LogP contribution in [0.4, 0.5) is 0 Å². The fraction of sp³-hybridized carbons (Fsp3) is 0.524. The SMILES string of the molecule is C=CC(=O)NC1CCC(N(C)C(=O)c2ccc(OC)c(C3CC3)c2)CC1. The Hall–Kier alpha value is -2.30. The number of carbonyl (C=O) groups is 2. The number of amides is 2. The number of benzene rings is 1. The van der Waals surface area contributed by atoms with Crippen molar-refractivity contribution in [2.45, 2.75) is 56.5 Å². The van der Waals surface area contributed by atoms with Crippen LogP contribution in [0.3, 0.4) is 0 Å². The molecular formula is C21H28N2O3. The number of rotatable bonds is 6. The fourth-order valence-corrected chi connectivity index (χ4v) is 3.82. The Labute approximate surface area is 155 Å². The predicted octanol–water partition coefficient (Wildman–Crippen LogP) is 3.26. The van der Waals surface area contributed by atoms with E-state index in [1.54, 1.807) is 7.11 Å². The second-order valence-electron chi connectivity index (χ2n) is 7.37. The van der Waals surface area contributed by atoms with Crippen molar-refractivity contribution >= 4 is 11.8 Å². The molecule has 2 saturated carbocycles. The van der Waals surface area contributed by atoms with Gasteiger partial charge in [0, 0.05) is 24.7 Å². The maximum absolute atomic E-state index is 12.9. The third-order valence-electron chi connectivity index (χ3n) is 5.59. The van der Waals surface area contributed by atoms with Crippen molar-refractivity contribution in [2.24, 2.45) is 0 Å². The number of methoxy groups -OCH3 is 1. The molecule has 2 amide bonds. The summed E-state index contributed by atoms with van der Waals surface area (Å²) in [5.74, 6) is 1.36. The highest BCUT2D eigenvalue weighted by Crippen LogP contribution is 2.44. The van der Waals surface area contributed by atoms with Gasteiger partial charge < -0.3 is 15.0 Å². The van der Waals surface area contributed by atoms with E-state index in [9.17, 15) is 9.59 Å². The van der Waals surface area contributed by atoms with Gasteiger partial charge in [-0.05, 0) is 74.3 Å². The molecule has 2 aliphatic rings. The molecule has 1 aromatic rings. The first-order valence-corrected chi connectivity index (χ1v) is 9.41. The Morgan fingerprint density at radius 1 is 1.19 bits per heavy atom. The van der Waals surface area contributed by atoms with Crippen LogP contribution in [-0.2, 0) is 4.79 Å². The van der Waals surface area contributed by atoms with E-state index in [0.717, 1.165) is 42.6 Å². The minimum atomic E-state index is -0.122. The summed E-state index contributed by atoms with van der Waals surface area (Å²) in [6, 6.07) is 6.18. The van der Waals surface area contributed by atoms with E-state index in [1.165, 1.54) is 18.9 Å². The minimum Gasteiger partial charge on any atom is -0.496 e. The smallest absolute Gasteiger partial charge is 0.253 e. The quantitative estimate of drug-likeness (QED) is 0.796. The average Bonchev–Trinajstić information content (AvgIpc) is 3.52. The highest BCUT2D eigenvalue weighted by Gasteiger charge is 2.30. The Bertz CT molecular complexity index is 688. The minimum absolute atomic E-state index is 0.0631. The molecule has 5 heteroatoms. The molecule has 1 N–H and O–H groups in total. The molecule has 0 aliphatic heterocycles. The predicted molar refractivity (Wildman–Crippen MR) is 101 cm³/mol.